The molecule has 5 rings (SSSR count). The largest absolute Gasteiger partial charge is 0.457 e. The van der Waals surface area contributed by atoms with Crippen molar-refractivity contribution < 1.29 is 9.53 Å². The van der Waals surface area contributed by atoms with Crippen LogP contribution in [0.3, 0.4) is 0 Å². The Morgan fingerprint density at radius 1 is 1.03 bits per heavy atom. The third-order valence-corrected chi connectivity index (χ3v) is 6.02. The molecule has 1 amide bonds. The van der Waals surface area contributed by atoms with Crippen molar-refractivity contribution in [3.8, 4) is 22.6 Å². The quantitative estimate of drug-likeness (QED) is 0.332. The molecule has 0 radical (unpaired) electrons. The molecular formula is C28H26N6O2. The van der Waals surface area contributed by atoms with Crippen LogP contribution in [0, 0.1) is 0 Å². The first-order valence-corrected chi connectivity index (χ1v) is 11.7. The van der Waals surface area contributed by atoms with Crippen molar-refractivity contribution in [3.05, 3.63) is 97.2 Å². The number of anilines is 1. The molecule has 1 unspecified atom stereocenters. The number of nitrogens with one attached hydrogen (secondary N) is 1. The molecule has 0 saturated carbocycles. The molecule has 2 aromatic carbocycles. The number of fused-ring (bicyclic) bond motifs is 1. The van der Waals surface area contributed by atoms with E-state index in [0.29, 0.717) is 29.8 Å². The number of ether oxygens (including phenoxy) is 1. The molecule has 180 valence electrons. The minimum absolute atomic E-state index is 0.105. The maximum absolute atomic E-state index is 13.0. The summed E-state index contributed by atoms with van der Waals surface area (Å²) in [6.45, 7) is 2.36. The minimum Gasteiger partial charge on any atom is -0.457 e. The lowest BCUT2D eigenvalue weighted by molar-refractivity contribution is -0.123. The van der Waals surface area contributed by atoms with Gasteiger partial charge < -0.3 is 20.4 Å². The number of rotatable bonds is 8. The summed E-state index contributed by atoms with van der Waals surface area (Å²) < 4.78 is 7.76. The predicted molar refractivity (Wildman–Crippen MR) is 140 cm³/mol. The summed E-state index contributed by atoms with van der Waals surface area (Å²) in [5, 5.41) is 3.72. The molecule has 36 heavy (non-hydrogen) atoms. The van der Waals surface area contributed by atoms with Gasteiger partial charge in [0.1, 0.15) is 35.3 Å². The Labute approximate surface area is 208 Å². The lowest BCUT2D eigenvalue weighted by Gasteiger charge is -2.15. The van der Waals surface area contributed by atoms with Gasteiger partial charge in [0.2, 0.25) is 5.91 Å². The van der Waals surface area contributed by atoms with Gasteiger partial charge in [0.15, 0.2) is 0 Å². The van der Waals surface area contributed by atoms with Gasteiger partial charge in [-0.05, 0) is 54.8 Å². The molecule has 0 aliphatic carbocycles. The number of aromatic nitrogens is 4. The van der Waals surface area contributed by atoms with Gasteiger partial charge in [-0.15, -0.1) is 0 Å². The highest BCUT2D eigenvalue weighted by Crippen LogP contribution is 2.35. The van der Waals surface area contributed by atoms with Crippen LogP contribution in [0.4, 0.5) is 5.82 Å². The van der Waals surface area contributed by atoms with Crippen molar-refractivity contribution >= 4 is 22.8 Å². The first-order valence-electron chi connectivity index (χ1n) is 11.7. The van der Waals surface area contributed by atoms with Crippen LogP contribution in [0.2, 0.25) is 0 Å². The van der Waals surface area contributed by atoms with Gasteiger partial charge in [0.25, 0.3) is 0 Å². The minimum atomic E-state index is -0.495. The molecule has 0 bridgehead atoms. The van der Waals surface area contributed by atoms with E-state index in [-0.39, 0.29) is 5.91 Å². The van der Waals surface area contributed by atoms with Crippen molar-refractivity contribution in [1.82, 2.24) is 24.8 Å². The predicted octanol–water partition coefficient (Wildman–Crippen LogP) is 4.79. The summed E-state index contributed by atoms with van der Waals surface area (Å²) >= 11 is 0. The summed E-state index contributed by atoms with van der Waals surface area (Å²) in [7, 11) is 0. The summed E-state index contributed by atoms with van der Waals surface area (Å²) in [4.78, 5) is 25.7. The van der Waals surface area contributed by atoms with Crippen LogP contribution < -0.4 is 15.8 Å². The van der Waals surface area contributed by atoms with Crippen molar-refractivity contribution in [1.29, 1.82) is 0 Å². The molecule has 8 heteroatoms. The third kappa shape index (κ3) is 4.88. The van der Waals surface area contributed by atoms with Gasteiger partial charge in [0, 0.05) is 30.7 Å². The molecule has 0 aliphatic rings. The SMILES string of the molecule is CC(C(=O)NCCc1cccnc1)n1cc(-c2ccc(Oc3ccccc3)cc2)c2c(N)ncnc21. The maximum Gasteiger partial charge on any atom is 0.242 e. The fourth-order valence-corrected chi connectivity index (χ4v) is 4.10. The molecule has 0 aliphatic heterocycles. The van der Waals surface area contributed by atoms with Gasteiger partial charge in [-0.3, -0.25) is 9.78 Å². The topological polar surface area (TPSA) is 108 Å². The Morgan fingerprint density at radius 2 is 1.81 bits per heavy atom. The first kappa shape index (κ1) is 23.0. The smallest absolute Gasteiger partial charge is 0.242 e. The Morgan fingerprint density at radius 3 is 2.56 bits per heavy atom. The molecule has 0 fully saturated rings. The molecule has 0 saturated heterocycles. The zero-order valence-corrected chi connectivity index (χ0v) is 19.8. The van der Waals surface area contributed by atoms with E-state index in [1.807, 2.05) is 84.4 Å². The second-order valence-corrected chi connectivity index (χ2v) is 8.43. The molecule has 3 aromatic heterocycles. The lowest BCUT2D eigenvalue weighted by atomic mass is 10.1. The number of nitrogens with two attached hydrogens (primary N) is 1. The van der Waals surface area contributed by atoms with Crippen LogP contribution in [0.25, 0.3) is 22.2 Å². The molecule has 3 heterocycles. The van der Waals surface area contributed by atoms with Crippen molar-refractivity contribution in [3.63, 3.8) is 0 Å². The summed E-state index contributed by atoms with van der Waals surface area (Å²) in [6.07, 6.45) is 7.57. The van der Waals surface area contributed by atoms with E-state index >= 15 is 0 Å². The van der Waals surface area contributed by atoms with E-state index in [1.54, 1.807) is 12.4 Å². The summed E-state index contributed by atoms with van der Waals surface area (Å²) in [5.74, 6) is 1.75. The number of benzene rings is 2. The number of hydrogen-bond acceptors (Lipinski definition) is 6. The average Bonchev–Trinajstić information content (AvgIpc) is 3.31. The van der Waals surface area contributed by atoms with Crippen molar-refractivity contribution in [2.75, 3.05) is 12.3 Å². The van der Waals surface area contributed by atoms with E-state index < -0.39 is 6.04 Å². The van der Waals surface area contributed by atoms with Crippen LogP contribution in [-0.4, -0.2) is 32.0 Å². The van der Waals surface area contributed by atoms with Crippen LogP contribution in [0.1, 0.15) is 18.5 Å². The highest BCUT2D eigenvalue weighted by atomic mass is 16.5. The fourth-order valence-electron chi connectivity index (χ4n) is 4.10. The number of carbonyl (C=O) groups excluding carboxylic acids is 1. The fraction of sp³-hybridized carbons (Fsp3) is 0.143. The van der Waals surface area contributed by atoms with Crippen LogP contribution in [-0.2, 0) is 11.2 Å². The Bertz CT molecular complexity index is 1470. The maximum atomic E-state index is 13.0. The number of hydrogen-bond donors (Lipinski definition) is 2. The number of amides is 1. The number of para-hydroxylation sites is 1. The second kappa shape index (κ2) is 10.3. The average molecular weight is 479 g/mol. The molecule has 1 atom stereocenters. The normalized spacial score (nSPS) is 11.8. The Kier molecular flexibility index (Phi) is 6.57. The zero-order chi connectivity index (χ0) is 24.9. The van der Waals surface area contributed by atoms with E-state index in [0.717, 1.165) is 28.2 Å². The van der Waals surface area contributed by atoms with Crippen molar-refractivity contribution in [2.45, 2.75) is 19.4 Å². The van der Waals surface area contributed by atoms with Gasteiger partial charge in [-0.1, -0.05) is 36.4 Å². The molecule has 5 aromatic rings. The van der Waals surface area contributed by atoms with E-state index in [2.05, 4.69) is 20.3 Å². The number of carbonyl (C=O) groups is 1. The van der Waals surface area contributed by atoms with Gasteiger partial charge in [0.05, 0.1) is 5.39 Å². The Hall–Kier alpha value is -4.72. The summed E-state index contributed by atoms with van der Waals surface area (Å²) in [5.41, 5.74) is 9.71. The van der Waals surface area contributed by atoms with Gasteiger partial charge in [-0.2, -0.15) is 0 Å². The standard InChI is InChI=1S/C28H26N6O2/c1-19(28(35)31-15-13-20-6-5-14-30-16-20)34-17-24(25-26(29)32-18-33-27(25)34)21-9-11-23(12-10-21)36-22-7-3-2-4-8-22/h2-12,14,16-19H,13,15H2,1H3,(H,31,35)(H2,29,32,33). The number of nitrogens with zero attached hydrogens (tertiary/aromatic N) is 4. The Balaban J connectivity index is 1.38. The third-order valence-electron chi connectivity index (χ3n) is 6.02. The number of pyridine rings is 1. The molecule has 0 spiro atoms. The highest BCUT2D eigenvalue weighted by molar-refractivity contribution is 6.01. The summed E-state index contributed by atoms with van der Waals surface area (Å²) in [6, 6.07) is 20.7. The lowest BCUT2D eigenvalue weighted by Crippen LogP contribution is -2.32. The van der Waals surface area contributed by atoms with Crippen LogP contribution >= 0.6 is 0 Å². The van der Waals surface area contributed by atoms with E-state index in [4.69, 9.17) is 10.5 Å². The highest BCUT2D eigenvalue weighted by Gasteiger charge is 2.22. The molecule has 8 nitrogen and oxygen atoms in total. The van der Waals surface area contributed by atoms with E-state index in [9.17, 15) is 4.79 Å². The molecule has 3 N–H and O–H groups in total. The van der Waals surface area contributed by atoms with Gasteiger partial charge in [-0.25, -0.2) is 9.97 Å². The number of nitrogen functional groups attached to an aromatic ring is 1. The van der Waals surface area contributed by atoms with E-state index in [1.165, 1.54) is 6.33 Å². The van der Waals surface area contributed by atoms with Crippen LogP contribution in [0.5, 0.6) is 11.5 Å². The van der Waals surface area contributed by atoms with Crippen molar-refractivity contribution in [2.24, 2.45) is 0 Å². The second-order valence-electron chi connectivity index (χ2n) is 8.43. The zero-order valence-electron chi connectivity index (χ0n) is 19.8. The first-order chi connectivity index (χ1) is 17.6. The monoisotopic (exact) mass is 478 g/mol. The molecular weight excluding hydrogens is 452 g/mol. The van der Waals surface area contributed by atoms with Crippen LogP contribution in [0.15, 0.2) is 91.6 Å². The van der Waals surface area contributed by atoms with Gasteiger partial charge >= 0.3 is 0 Å².